The first kappa shape index (κ1) is 53.8. The van der Waals surface area contributed by atoms with Gasteiger partial charge in [0, 0.05) is 48.3 Å². The Balaban J connectivity index is 0.894. The van der Waals surface area contributed by atoms with E-state index in [4.69, 9.17) is 19.4 Å². The largest absolute Gasteiger partial charge is 0.493 e. The lowest BCUT2D eigenvalue weighted by Gasteiger charge is -2.35. The van der Waals surface area contributed by atoms with E-state index in [1.165, 1.54) is 26.5 Å². The summed E-state index contributed by atoms with van der Waals surface area (Å²) in [5.74, 6) is 1.83. The highest BCUT2D eigenvalue weighted by Crippen LogP contribution is 2.41. The Morgan fingerprint density at radius 2 is 1.64 bits per heavy atom. The molecule has 1 aliphatic heterocycles. The lowest BCUT2D eigenvalue weighted by atomic mass is 9.85. The van der Waals surface area contributed by atoms with Crippen LogP contribution in [0.3, 0.4) is 0 Å². The number of thiazole rings is 1. The molecule has 4 atom stereocenters. The number of amides is 3. The van der Waals surface area contributed by atoms with Gasteiger partial charge < -0.3 is 40.7 Å². The van der Waals surface area contributed by atoms with Crippen molar-refractivity contribution in [2.45, 2.75) is 137 Å². The van der Waals surface area contributed by atoms with Gasteiger partial charge in [0.1, 0.15) is 23.7 Å². The maximum atomic E-state index is 14.2. The normalized spacial score (nSPS) is 15.6. The second-order valence-electron chi connectivity index (χ2n) is 20.0. The molecule has 1 unspecified atom stereocenters. The molecule has 7 rings (SSSR count). The Morgan fingerprint density at radius 3 is 2.33 bits per heavy atom. The summed E-state index contributed by atoms with van der Waals surface area (Å²) >= 11 is 3.32. The number of thiophene rings is 1. The number of carbonyl (C=O) groups is 3. The number of rotatable bonds is 23. The summed E-state index contributed by atoms with van der Waals surface area (Å²) in [5.41, 5.74) is 9.68. The molecule has 0 saturated carbocycles. The number of carbonyl (C=O) groups excluding carboxylic acids is 3. The lowest BCUT2D eigenvalue weighted by Crippen LogP contribution is -2.57. The van der Waals surface area contributed by atoms with Gasteiger partial charge in [-0.15, -0.1) is 22.7 Å². The maximum Gasteiger partial charge on any atom is 0.246 e. The summed E-state index contributed by atoms with van der Waals surface area (Å²) in [5, 5.41) is 26.7. The molecule has 1 saturated heterocycles. The average Bonchev–Trinajstić information content (AvgIpc) is 4.13. The lowest BCUT2D eigenvalue weighted by molar-refractivity contribution is -0.144. The fraction of sp³-hybridized carbons (Fsp3) is 0.464. The Morgan fingerprint density at radius 1 is 0.903 bits per heavy atom. The molecule has 384 valence electrons. The Bertz CT molecular complexity index is 2800. The van der Waals surface area contributed by atoms with Gasteiger partial charge in [-0.1, -0.05) is 95.0 Å². The van der Waals surface area contributed by atoms with Crippen molar-refractivity contribution in [1.29, 1.82) is 0 Å². The number of β-amino-alcohol motifs (C(OH)–C–C–N with tert-alkyl or cyclic N) is 1. The van der Waals surface area contributed by atoms with Crippen LogP contribution < -0.4 is 30.7 Å². The van der Waals surface area contributed by atoms with Crippen molar-refractivity contribution >= 4 is 57.1 Å². The van der Waals surface area contributed by atoms with Crippen molar-refractivity contribution in [3.05, 3.63) is 105 Å². The van der Waals surface area contributed by atoms with Crippen LogP contribution in [-0.2, 0) is 33.9 Å². The van der Waals surface area contributed by atoms with E-state index in [0.717, 1.165) is 89.1 Å². The number of aliphatic hydroxyl groups is 1. The van der Waals surface area contributed by atoms with Crippen LogP contribution in [0, 0.1) is 19.3 Å². The molecule has 16 heteroatoms. The topological polar surface area (TPSA) is 180 Å². The van der Waals surface area contributed by atoms with E-state index in [1.807, 2.05) is 77.5 Å². The van der Waals surface area contributed by atoms with Crippen molar-refractivity contribution in [1.82, 2.24) is 35.8 Å². The zero-order valence-electron chi connectivity index (χ0n) is 43.3. The average molecular weight is 1020 g/mol. The van der Waals surface area contributed by atoms with Gasteiger partial charge in [0.05, 0.1) is 48.0 Å². The van der Waals surface area contributed by atoms with Gasteiger partial charge in [-0.25, -0.2) is 15.0 Å². The molecular formula is C56H72N8O6S2. The van der Waals surface area contributed by atoms with Gasteiger partial charge in [-0.05, 0) is 97.8 Å². The fourth-order valence-electron chi connectivity index (χ4n) is 9.57. The quantitative estimate of drug-likeness (QED) is 0.0386. The first-order valence-corrected chi connectivity index (χ1v) is 26.9. The molecule has 0 spiro atoms. The number of ether oxygens (including phenoxy) is 2. The van der Waals surface area contributed by atoms with E-state index in [0.29, 0.717) is 23.7 Å². The molecular weight excluding hydrogens is 945 g/mol. The van der Waals surface area contributed by atoms with E-state index < -0.39 is 23.6 Å². The minimum Gasteiger partial charge on any atom is -0.493 e. The highest BCUT2D eigenvalue weighted by Gasteiger charge is 2.44. The maximum absolute atomic E-state index is 14.2. The highest BCUT2D eigenvalue weighted by atomic mass is 32.1. The molecule has 1 aliphatic rings. The summed E-state index contributed by atoms with van der Waals surface area (Å²) < 4.78 is 11.8. The molecule has 0 bridgehead atoms. The zero-order chi connectivity index (χ0) is 51.5. The molecule has 0 aliphatic carbocycles. The monoisotopic (exact) mass is 1020 g/mol. The van der Waals surface area contributed by atoms with E-state index >= 15 is 0 Å². The number of hydrogen-bond acceptors (Lipinski definition) is 13. The van der Waals surface area contributed by atoms with Crippen molar-refractivity contribution in [3.8, 4) is 33.1 Å². The van der Waals surface area contributed by atoms with Crippen LogP contribution in [0.5, 0.6) is 11.5 Å². The zero-order valence-corrected chi connectivity index (χ0v) is 44.9. The van der Waals surface area contributed by atoms with Crippen LogP contribution in [0.25, 0.3) is 32.5 Å². The third kappa shape index (κ3) is 13.2. The molecule has 3 amide bonds. The molecule has 4 heterocycles. The van der Waals surface area contributed by atoms with Gasteiger partial charge in [0.2, 0.25) is 17.7 Å². The second kappa shape index (κ2) is 24.7. The summed E-state index contributed by atoms with van der Waals surface area (Å²) in [6.07, 6.45) is 5.72. The SMILES string of the molecule is CNCc1ccccc1-c1csc([C@H](C)Nc2nc(C)nc3c(CCCCCCCCC(=O)NC(C(=O)N4C[C@H](O)C[C@H]4C(=O)NCc4ccc(-c5scnc5C)cc4)C(C)(C)C)c(OC)c(OC)cc23)c1. The van der Waals surface area contributed by atoms with Gasteiger partial charge in [-0.2, -0.15) is 0 Å². The number of anilines is 1. The predicted molar refractivity (Wildman–Crippen MR) is 290 cm³/mol. The molecule has 0 radical (unpaired) electrons. The van der Waals surface area contributed by atoms with Crippen molar-refractivity contribution in [2.24, 2.45) is 5.41 Å². The van der Waals surface area contributed by atoms with Crippen LogP contribution in [0.1, 0.15) is 118 Å². The van der Waals surface area contributed by atoms with Crippen LogP contribution >= 0.6 is 22.7 Å². The van der Waals surface area contributed by atoms with E-state index in [-0.39, 0.29) is 49.7 Å². The molecule has 72 heavy (non-hydrogen) atoms. The number of likely N-dealkylation sites (tertiary alicyclic amines) is 1. The first-order valence-electron chi connectivity index (χ1n) is 25.1. The number of methoxy groups -OCH3 is 2. The second-order valence-corrected chi connectivity index (χ2v) is 21.8. The Kier molecular flexibility index (Phi) is 18.4. The molecule has 3 aromatic heterocycles. The van der Waals surface area contributed by atoms with Crippen LogP contribution in [-0.4, -0.2) is 88.7 Å². The predicted octanol–water partition coefficient (Wildman–Crippen LogP) is 10.1. The van der Waals surface area contributed by atoms with Gasteiger partial charge >= 0.3 is 0 Å². The van der Waals surface area contributed by atoms with Crippen LogP contribution in [0.15, 0.2) is 71.6 Å². The molecule has 3 aromatic carbocycles. The number of nitrogens with one attached hydrogen (secondary N) is 4. The number of aliphatic hydroxyl groups excluding tert-OH is 1. The third-order valence-electron chi connectivity index (χ3n) is 13.4. The van der Waals surface area contributed by atoms with Gasteiger partial charge in [0.25, 0.3) is 0 Å². The number of benzene rings is 3. The summed E-state index contributed by atoms with van der Waals surface area (Å²) in [7, 11) is 5.29. The fourth-order valence-corrected chi connectivity index (χ4v) is 11.3. The number of aromatic nitrogens is 3. The first-order chi connectivity index (χ1) is 34.6. The molecule has 14 nitrogen and oxygen atoms in total. The number of unbranched alkanes of at least 4 members (excludes halogenated alkanes) is 5. The Hall–Kier alpha value is -5.94. The van der Waals surface area contributed by atoms with Crippen molar-refractivity contribution < 1.29 is 29.0 Å². The number of hydrogen-bond donors (Lipinski definition) is 5. The molecule has 6 aromatic rings. The van der Waals surface area contributed by atoms with Gasteiger partial charge in [-0.3, -0.25) is 14.4 Å². The standard InChI is InChI=1S/C56H72N8O6S2/c1-34(47-26-40(32-71-47)42-19-17-16-18-39(42)30-57-7)60-53-44-28-46(69-8)50(70-9)43(49(44)61-36(3)62-53)20-14-12-10-11-13-15-21-48(66)63-52(56(4,5)6)55(68)64-31-41(65)27-45(64)54(67)58-29-37-22-24-38(25-23-37)51-35(2)59-33-72-51/h16-19,22-26,28,32-34,41,45,52,57,65H,10-15,20-21,27,29-31H2,1-9H3,(H,58,67)(H,63,66)(H,60,61,62)/t34-,41+,45-,52?/m0/s1. The Labute approximate surface area is 432 Å². The van der Waals surface area contributed by atoms with E-state index in [1.54, 1.807) is 36.9 Å². The summed E-state index contributed by atoms with van der Waals surface area (Å²) in [6.45, 7) is 12.9. The van der Waals surface area contributed by atoms with Crippen LogP contribution in [0.2, 0.25) is 0 Å². The molecule has 5 N–H and O–H groups in total. The number of aryl methyl sites for hydroxylation is 3. The molecule has 1 fully saturated rings. The summed E-state index contributed by atoms with van der Waals surface area (Å²) in [6, 6.07) is 19.0. The minimum absolute atomic E-state index is 0.0129. The third-order valence-corrected chi connectivity index (χ3v) is 15.5. The number of fused-ring (bicyclic) bond motifs is 1. The van der Waals surface area contributed by atoms with Crippen molar-refractivity contribution in [3.63, 3.8) is 0 Å². The van der Waals surface area contributed by atoms with E-state index in [9.17, 15) is 19.5 Å². The number of nitrogens with zero attached hydrogens (tertiary/aromatic N) is 4. The van der Waals surface area contributed by atoms with Gasteiger partial charge in [0.15, 0.2) is 11.5 Å². The smallest absolute Gasteiger partial charge is 0.246 e. The van der Waals surface area contributed by atoms with Crippen molar-refractivity contribution in [2.75, 3.05) is 33.1 Å². The summed E-state index contributed by atoms with van der Waals surface area (Å²) in [4.78, 5) is 59.0. The highest BCUT2D eigenvalue weighted by molar-refractivity contribution is 7.13. The van der Waals surface area contributed by atoms with Crippen LogP contribution in [0.4, 0.5) is 5.82 Å². The van der Waals surface area contributed by atoms with E-state index in [2.05, 4.69) is 68.9 Å². The minimum atomic E-state index is -0.867.